The molecule has 3 rings (SSSR count). The molecule has 0 spiro atoms. The van der Waals surface area contributed by atoms with Gasteiger partial charge in [-0.3, -0.25) is 10.1 Å². The second-order valence-electron chi connectivity index (χ2n) is 6.60. The molecule has 1 amide bonds. The lowest BCUT2D eigenvalue weighted by Gasteiger charge is -2.19. The van der Waals surface area contributed by atoms with E-state index in [1.165, 1.54) is 27.8 Å². The van der Waals surface area contributed by atoms with Gasteiger partial charge in [0.1, 0.15) is 5.75 Å². The quantitative estimate of drug-likeness (QED) is 0.557. The maximum absolute atomic E-state index is 12.9. The minimum Gasteiger partial charge on any atom is -0.494 e. The lowest BCUT2D eigenvalue weighted by atomic mass is 10.1. The van der Waals surface area contributed by atoms with E-state index in [1.54, 1.807) is 26.8 Å². The highest BCUT2D eigenvalue weighted by molar-refractivity contribution is 7.89. The van der Waals surface area contributed by atoms with Crippen LogP contribution in [-0.4, -0.2) is 43.3 Å². The molecular weight excluding hydrogens is 422 g/mol. The van der Waals surface area contributed by atoms with E-state index in [0.717, 1.165) is 16.0 Å². The van der Waals surface area contributed by atoms with Crippen LogP contribution in [-0.2, 0) is 10.0 Å². The Morgan fingerprint density at radius 3 is 2.53 bits per heavy atom. The van der Waals surface area contributed by atoms with Gasteiger partial charge in [0.25, 0.3) is 5.91 Å². The fraction of sp³-hybridized carbons (Fsp3) is 0.333. The number of aromatic nitrogens is 1. The van der Waals surface area contributed by atoms with Crippen molar-refractivity contribution in [2.45, 2.75) is 32.6 Å². The van der Waals surface area contributed by atoms with Gasteiger partial charge in [0.2, 0.25) is 10.0 Å². The van der Waals surface area contributed by atoms with Crippen molar-refractivity contribution in [1.82, 2.24) is 9.29 Å². The van der Waals surface area contributed by atoms with Gasteiger partial charge >= 0.3 is 0 Å². The molecule has 0 saturated heterocycles. The Labute approximate surface area is 180 Å². The molecule has 0 atom stereocenters. The summed E-state index contributed by atoms with van der Waals surface area (Å²) in [6.45, 7) is 8.56. The second-order valence-corrected chi connectivity index (χ2v) is 9.57. The number of aryl methyl sites for hydroxylation is 1. The van der Waals surface area contributed by atoms with Crippen LogP contribution in [0.3, 0.4) is 0 Å². The van der Waals surface area contributed by atoms with Gasteiger partial charge in [0, 0.05) is 18.7 Å². The largest absolute Gasteiger partial charge is 0.494 e. The fourth-order valence-electron chi connectivity index (χ4n) is 3.10. The highest BCUT2D eigenvalue weighted by atomic mass is 32.2. The molecule has 0 aliphatic carbocycles. The molecule has 1 N–H and O–H groups in total. The van der Waals surface area contributed by atoms with Crippen molar-refractivity contribution in [3.05, 3.63) is 47.5 Å². The van der Waals surface area contributed by atoms with E-state index in [2.05, 4.69) is 10.3 Å². The van der Waals surface area contributed by atoms with Gasteiger partial charge in [-0.05, 0) is 49.7 Å². The van der Waals surface area contributed by atoms with E-state index in [9.17, 15) is 13.2 Å². The van der Waals surface area contributed by atoms with Crippen molar-refractivity contribution in [2.75, 3.05) is 25.0 Å². The summed E-state index contributed by atoms with van der Waals surface area (Å²) < 4.78 is 33.4. The molecule has 0 fully saturated rings. The van der Waals surface area contributed by atoms with Crippen molar-refractivity contribution in [2.24, 2.45) is 0 Å². The predicted molar refractivity (Wildman–Crippen MR) is 120 cm³/mol. The number of sulfonamides is 1. The number of rotatable bonds is 8. The van der Waals surface area contributed by atoms with Gasteiger partial charge in [-0.15, -0.1) is 0 Å². The number of carbonyl (C=O) groups excluding carboxylic acids is 1. The van der Waals surface area contributed by atoms with Gasteiger partial charge in [-0.25, -0.2) is 13.4 Å². The normalized spacial score (nSPS) is 11.8. The molecule has 160 valence electrons. The number of nitrogens with one attached hydrogen (secondary N) is 1. The Balaban J connectivity index is 1.89. The number of nitrogens with zero attached hydrogens (tertiary/aromatic N) is 2. The van der Waals surface area contributed by atoms with Gasteiger partial charge in [-0.2, -0.15) is 4.31 Å². The van der Waals surface area contributed by atoms with Crippen LogP contribution in [0.5, 0.6) is 5.75 Å². The molecule has 0 aliphatic rings. The topological polar surface area (TPSA) is 88.6 Å². The summed E-state index contributed by atoms with van der Waals surface area (Å²) in [5.41, 5.74) is 1.75. The van der Waals surface area contributed by atoms with E-state index in [1.807, 2.05) is 25.1 Å². The van der Waals surface area contributed by atoms with Crippen LogP contribution in [0, 0.1) is 6.92 Å². The summed E-state index contributed by atoms with van der Waals surface area (Å²) in [5, 5.41) is 3.24. The minimum atomic E-state index is -3.65. The first-order valence-corrected chi connectivity index (χ1v) is 12.0. The molecule has 2 aromatic carbocycles. The number of hydrogen-bond donors (Lipinski definition) is 1. The molecule has 3 aromatic rings. The average Bonchev–Trinajstić information content (AvgIpc) is 3.10. The van der Waals surface area contributed by atoms with Crippen LogP contribution in [0.1, 0.15) is 36.7 Å². The molecule has 7 nitrogen and oxygen atoms in total. The zero-order valence-electron chi connectivity index (χ0n) is 17.4. The summed E-state index contributed by atoms with van der Waals surface area (Å²) in [4.78, 5) is 17.4. The van der Waals surface area contributed by atoms with Crippen molar-refractivity contribution >= 4 is 42.6 Å². The van der Waals surface area contributed by atoms with Crippen LogP contribution in [0.2, 0.25) is 0 Å². The number of hydrogen-bond acceptors (Lipinski definition) is 6. The van der Waals surface area contributed by atoms with E-state index >= 15 is 0 Å². The number of thiazole rings is 1. The van der Waals surface area contributed by atoms with Gasteiger partial charge in [0.05, 0.1) is 21.7 Å². The van der Waals surface area contributed by atoms with Crippen molar-refractivity contribution < 1.29 is 17.9 Å². The SMILES string of the molecule is CCOc1ccc2nc(NC(=O)c3cc(S(=O)(=O)N(CC)CC)ccc3C)sc2c1. The van der Waals surface area contributed by atoms with Gasteiger partial charge < -0.3 is 4.74 Å². The number of amides is 1. The molecule has 30 heavy (non-hydrogen) atoms. The molecule has 0 radical (unpaired) electrons. The van der Waals surface area contributed by atoms with Crippen molar-refractivity contribution in [3.63, 3.8) is 0 Å². The molecule has 0 unspecified atom stereocenters. The zero-order valence-corrected chi connectivity index (χ0v) is 19.1. The summed E-state index contributed by atoms with van der Waals surface area (Å²) in [6, 6.07) is 10.2. The molecule has 9 heteroatoms. The molecule has 1 heterocycles. The summed E-state index contributed by atoms with van der Waals surface area (Å²) in [5.74, 6) is 0.352. The van der Waals surface area contributed by atoms with Crippen LogP contribution in [0.25, 0.3) is 10.2 Å². The van der Waals surface area contributed by atoms with Gasteiger partial charge in [0.15, 0.2) is 5.13 Å². The number of benzene rings is 2. The average molecular weight is 448 g/mol. The first-order chi connectivity index (χ1) is 14.3. The van der Waals surface area contributed by atoms with Gasteiger partial charge in [-0.1, -0.05) is 31.3 Å². The van der Waals surface area contributed by atoms with E-state index in [0.29, 0.717) is 36.0 Å². The maximum atomic E-state index is 12.9. The maximum Gasteiger partial charge on any atom is 0.257 e. The smallest absolute Gasteiger partial charge is 0.257 e. The molecule has 0 saturated carbocycles. The van der Waals surface area contributed by atoms with Crippen LogP contribution >= 0.6 is 11.3 Å². The first kappa shape index (κ1) is 22.2. The Hall–Kier alpha value is -2.49. The predicted octanol–water partition coefficient (Wildman–Crippen LogP) is 4.29. The molecule has 0 bridgehead atoms. The fourth-order valence-corrected chi connectivity index (χ4v) is 5.47. The number of anilines is 1. The Morgan fingerprint density at radius 1 is 1.13 bits per heavy atom. The second kappa shape index (κ2) is 9.11. The van der Waals surface area contributed by atoms with E-state index in [-0.39, 0.29) is 4.90 Å². The van der Waals surface area contributed by atoms with Crippen LogP contribution in [0.4, 0.5) is 5.13 Å². The van der Waals surface area contributed by atoms with E-state index < -0.39 is 15.9 Å². The third-order valence-corrected chi connectivity index (χ3v) is 7.67. The standard InChI is InChI=1S/C21H25N3O4S2/c1-5-24(6-2)30(26,27)16-10-8-14(4)17(13-16)20(25)23-21-22-18-11-9-15(28-7-3)12-19(18)29-21/h8-13H,5-7H2,1-4H3,(H,22,23,25). The Kier molecular flexibility index (Phi) is 6.74. The van der Waals surface area contributed by atoms with Crippen LogP contribution in [0.15, 0.2) is 41.3 Å². The lowest BCUT2D eigenvalue weighted by molar-refractivity contribution is 0.102. The zero-order chi connectivity index (χ0) is 21.9. The highest BCUT2D eigenvalue weighted by Crippen LogP contribution is 2.30. The third-order valence-electron chi connectivity index (χ3n) is 4.69. The molecule has 1 aromatic heterocycles. The number of carbonyl (C=O) groups is 1. The van der Waals surface area contributed by atoms with Crippen LogP contribution < -0.4 is 10.1 Å². The summed E-state index contributed by atoms with van der Waals surface area (Å²) in [7, 11) is -3.65. The Morgan fingerprint density at radius 2 is 1.87 bits per heavy atom. The minimum absolute atomic E-state index is 0.104. The first-order valence-electron chi connectivity index (χ1n) is 9.75. The van der Waals surface area contributed by atoms with E-state index in [4.69, 9.17) is 4.74 Å². The highest BCUT2D eigenvalue weighted by Gasteiger charge is 2.23. The summed E-state index contributed by atoms with van der Waals surface area (Å²) >= 11 is 1.34. The van der Waals surface area contributed by atoms with Crippen molar-refractivity contribution in [1.29, 1.82) is 0 Å². The Bertz CT molecular complexity index is 1170. The third kappa shape index (κ3) is 4.48. The molecule has 0 aliphatic heterocycles. The van der Waals surface area contributed by atoms with Crippen molar-refractivity contribution in [3.8, 4) is 5.75 Å². The summed E-state index contributed by atoms with van der Waals surface area (Å²) in [6.07, 6.45) is 0. The monoisotopic (exact) mass is 447 g/mol. The lowest BCUT2D eigenvalue weighted by Crippen LogP contribution is -2.30. The molecular formula is C21H25N3O4S2. The number of ether oxygens (including phenoxy) is 1. The number of fused-ring (bicyclic) bond motifs is 1.